The van der Waals surface area contributed by atoms with E-state index in [1.54, 1.807) is 6.07 Å². The number of primary amides is 1. The van der Waals surface area contributed by atoms with E-state index in [-0.39, 0.29) is 17.6 Å². The van der Waals surface area contributed by atoms with E-state index in [2.05, 4.69) is 15.2 Å². The quantitative estimate of drug-likeness (QED) is 0.895. The zero-order valence-electron chi connectivity index (χ0n) is 13.1. The molecule has 122 valence electrons. The number of rotatable bonds is 3. The summed E-state index contributed by atoms with van der Waals surface area (Å²) in [6, 6.07) is 1.53. The molecule has 0 unspecified atom stereocenters. The minimum Gasteiger partial charge on any atom is -0.364 e. The Hall–Kier alpha value is -2.22. The number of aryl methyl sites for hydroxylation is 2. The minimum atomic E-state index is -0.574. The molecule has 0 bridgehead atoms. The van der Waals surface area contributed by atoms with Gasteiger partial charge in [0.1, 0.15) is 10.6 Å². The van der Waals surface area contributed by atoms with Crippen LogP contribution in [0.1, 0.15) is 61.9 Å². The second-order valence-corrected chi connectivity index (χ2v) is 6.93. The van der Waals surface area contributed by atoms with Crippen molar-refractivity contribution in [2.24, 2.45) is 5.73 Å². The highest BCUT2D eigenvalue weighted by molar-refractivity contribution is 7.13. The highest BCUT2D eigenvalue weighted by atomic mass is 32.1. The largest absolute Gasteiger partial charge is 0.364 e. The van der Waals surface area contributed by atoms with Crippen molar-refractivity contribution in [1.82, 2.24) is 20.1 Å². The zero-order valence-corrected chi connectivity index (χ0v) is 13.9. The Labute approximate surface area is 137 Å². The van der Waals surface area contributed by atoms with Crippen LogP contribution in [-0.2, 0) is 0 Å². The number of nitrogens with zero attached hydrogens (tertiary/aromatic N) is 3. The molecule has 0 radical (unpaired) electrons. The van der Waals surface area contributed by atoms with Crippen LogP contribution in [0.4, 0.5) is 0 Å². The van der Waals surface area contributed by atoms with Crippen LogP contribution >= 0.6 is 11.3 Å². The lowest BCUT2D eigenvalue weighted by molar-refractivity contribution is 0.0610. The van der Waals surface area contributed by atoms with Crippen molar-refractivity contribution in [1.29, 1.82) is 0 Å². The Morgan fingerprint density at radius 1 is 1.39 bits per heavy atom. The van der Waals surface area contributed by atoms with Crippen molar-refractivity contribution in [2.75, 3.05) is 6.54 Å². The molecule has 8 heteroatoms. The van der Waals surface area contributed by atoms with Crippen LogP contribution in [0.25, 0.3) is 0 Å². The number of carbonyl (C=O) groups excluding carboxylic acids is 2. The molecular weight excluding hydrogens is 314 g/mol. The third-order valence-corrected chi connectivity index (χ3v) is 5.13. The van der Waals surface area contributed by atoms with Crippen molar-refractivity contribution in [2.45, 2.75) is 39.2 Å². The number of H-pyrrole nitrogens is 1. The molecule has 3 rings (SSSR count). The zero-order chi connectivity index (χ0) is 16.6. The van der Waals surface area contributed by atoms with Gasteiger partial charge in [-0.2, -0.15) is 5.10 Å². The number of aromatic amines is 1. The summed E-state index contributed by atoms with van der Waals surface area (Å²) < 4.78 is 0. The molecule has 0 aromatic carbocycles. The molecule has 0 aliphatic carbocycles. The number of nitrogens with two attached hydrogens (primary N) is 1. The van der Waals surface area contributed by atoms with Gasteiger partial charge >= 0.3 is 0 Å². The topological polar surface area (TPSA) is 105 Å². The Kier molecular flexibility index (Phi) is 4.16. The second-order valence-electron chi connectivity index (χ2n) is 5.73. The molecular formula is C15H19N5O2S. The van der Waals surface area contributed by atoms with Crippen molar-refractivity contribution in [3.63, 3.8) is 0 Å². The first-order valence-corrected chi connectivity index (χ1v) is 8.39. The van der Waals surface area contributed by atoms with Crippen LogP contribution in [0.3, 0.4) is 0 Å². The number of amides is 2. The third-order valence-electron chi connectivity index (χ3n) is 4.07. The number of likely N-dealkylation sites (tertiary alicyclic amines) is 1. The molecule has 2 aromatic heterocycles. The Morgan fingerprint density at radius 3 is 2.78 bits per heavy atom. The lowest BCUT2D eigenvalue weighted by atomic mass is 9.98. The predicted octanol–water partition coefficient (Wildman–Crippen LogP) is 1.95. The predicted molar refractivity (Wildman–Crippen MR) is 86.3 cm³/mol. The summed E-state index contributed by atoms with van der Waals surface area (Å²) in [4.78, 5) is 31.0. The lowest BCUT2D eigenvalue weighted by Gasteiger charge is -2.34. The fourth-order valence-corrected chi connectivity index (χ4v) is 3.87. The summed E-state index contributed by atoms with van der Waals surface area (Å²) in [7, 11) is 0. The highest BCUT2D eigenvalue weighted by Gasteiger charge is 2.32. The average Bonchev–Trinajstić information content (AvgIpc) is 3.13. The van der Waals surface area contributed by atoms with Crippen LogP contribution < -0.4 is 5.73 Å². The number of nitrogens with one attached hydrogen (secondary N) is 1. The molecule has 0 saturated carbocycles. The van der Waals surface area contributed by atoms with Crippen molar-refractivity contribution in [3.8, 4) is 0 Å². The fourth-order valence-electron chi connectivity index (χ4n) is 2.99. The van der Waals surface area contributed by atoms with Gasteiger partial charge in [0.2, 0.25) is 0 Å². The molecule has 1 aliphatic rings. The van der Waals surface area contributed by atoms with Crippen LogP contribution in [0, 0.1) is 13.8 Å². The monoisotopic (exact) mass is 333 g/mol. The summed E-state index contributed by atoms with van der Waals surface area (Å²) >= 11 is 1.42. The molecule has 1 aliphatic heterocycles. The minimum absolute atomic E-state index is 0.00646. The SMILES string of the molecule is Cc1nc(C)c(C(=O)N2CCCC[C@@H]2c2cc(C(N)=O)n[nH]2)s1. The summed E-state index contributed by atoms with van der Waals surface area (Å²) in [6.45, 7) is 4.44. The van der Waals surface area contributed by atoms with E-state index in [1.165, 1.54) is 11.3 Å². The summed E-state index contributed by atoms with van der Waals surface area (Å²) in [5.74, 6) is -0.580. The first-order chi connectivity index (χ1) is 11.0. The van der Waals surface area contributed by atoms with Gasteiger partial charge in [-0.25, -0.2) is 4.98 Å². The van der Waals surface area contributed by atoms with Crippen LogP contribution in [-0.4, -0.2) is 38.4 Å². The first kappa shape index (κ1) is 15.7. The fraction of sp³-hybridized carbons (Fsp3) is 0.467. The van der Waals surface area contributed by atoms with E-state index in [0.717, 1.165) is 35.7 Å². The van der Waals surface area contributed by atoms with Gasteiger partial charge in [0, 0.05) is 6.54 Å². The van der Waals surface area contributed by atoms with E-state index >= 15 is 0 Å². The molecule has 0 spiro atoms. The maximum atomic E-state index is 12.9. The van der Waals surface area contributed by atoms with Crippen LogP contribution in [0.5, 0.6) is 0 Å². The average molecular weight is 333 g/mol. The van der Waals surface area contributed by atoms with Gasteiger partial charge in [-0.05, 0) is 39.2 Å². The smallest absolute Gasteiger partial charge is 0.269 e. The summed E-state index contributed by atoms with van der Waals surface area (Å²) in [5.41, 5.74) is 6.98. The number of piperidine rings is 1. The Bertz CT molecular complexity index is 751. The van der Waals surface area contributed by atoms with E-state index in [4.69, 9.17) is 5.73 Å². The number of hydrogen-bond donors (Lipinski definition) is 2. The van der Waals surface area contributed by atoms with Gasteiger partial charge in [0.25, 0.3) is 11.8 Å². The highest BCUT2D eigenvalue weighted by Crippen LogP contribution is 2.33. The van der Waals surface area contributed by atoms with Gasteiger partial charge < -0.3 is 10.6 Å². The standard InChI is InChI=1S/C15H19N5O2S/c1-8-13(23-9(2)17-8)15(22)20-6-4-3-5-12(20)10-7-11(14(16)21)19-18-10/h7,12H,3-6H2,1-2H3,(H2,16,21)(H,18,19)/t12-/m1/s1. The maximum Gasteiger partial charge on any atom is 0.269 e. The van der Waals surface area contributed by atoms with E-state index in [0.29, 0.717) is 11.4 Å². The molecule has 1 saturated heterocycles. The van der Waals surface area contributed by atoms with E-state index in [1.807, 2.05) is 18.7 Å². The number of thiazole rings is 1. The van der Waals surface area contributed by atoms with Crippen molar-refractivity contribution < 1.29 is 9.59 Å². The molecule has 1 atom stereocenters. The summed E-state index contributed by atoms with van der Waals surface area (Å²) in [5, 5.41) is 7.67. The van der Waals surface area contributed by atoms with Crippen LogP contribution in [0.15, 0.2) is 6.07 Å². The molecule has 1 fully saturated rings. The van der Waals surface area contributed by atoms with E-state index < -0.39 is 5.91 Å². The molecule has 2 amide bonds. The Morgan fingerprint density at radius 2 is 2.17 bits per heavy atom. The van der Waals surface area contributed by atoms with Gasteiger partial charge in [-0.1, -0.05) is 0 Å². The normalized spacial score (nSPS) is 18.2. The number of hydrogen-bond acceptors (Lipinski definition) is 5. The van der Waals surface area contributed by atoms with E-state index in [9.17, 15) is 9.59 Å². The first-order valence-electron chi connectivity index (χ1n) is 7.57. The Balaban J connectivity index is 1.90. The van der Waals surface area contributed by atoms with Crippen LogP contribution in [0.2, 0.25) is 0 Å². The van der Waals surface area contributed by atoms with Gasteiger partial charge in [-0.15, -0.1) is 11.3 Å². The van der Waals surface area contributed by atoms with Gasteiger partial charge in [0.05, 0.1) is 22.4 Å². The molecule has 3 N–H and O–H groups in total. The third kappa shape index (κ3) is 2.98. The molecule has 7 nitrogen and oxygen atoms in total. The second kappa shape index (κ2) is 6.11. The van der Waals surface area contributed by atoms with Gasteiger partial charge in [0.15, 0.2) is 0 Å². The number of carbonyl (C=O) groups is 2. The van der Waals surface area contributed by atoms with Crippen molar-refractivity contribution >= 4 is 23.2 Å². The number of aromatic nitrogens is 3. The molecule has 2 aromatic rings. The van der Waals surface area contributed by atoms with Crippen molar-refractivity contribution in [3.05, 3.63) is 33.0 Å². The van der Waals surface area contributed by atoms with Gasteiger partial charge in [-0.3, -0.25) is 14.7 Å². The maximum absolute atomic E-state index is 12.9. The molecule has 3 heterocycles. The summed E-state index contributed by atoms with van der Waals surface area (Å²) in [6.07, 6.45) is 2.83. The molecule has 23 heavy (non-hydrogen) atoms. The lowest BCUT2D eigenvalue weighted by Crippen LogP contribution is -2.38.